The molecule has 18 heteroatoms. The number of hydrogen-bond acceptors (Lipinski definition) is 10. The van der Waals surface area contributed by atoms with Crippen molar-refractivity contribution in [2.24, 2.45) is 0 Å². The van der Waals surface area contributed by atoms with E-state index in [0.717, 1.165) is 48.5 Å². The number of halogens is 8. The van der Waals surface area contributed by atoms with Crippen molar-refractivity contribution in [3.8, 4) is 23.0 Å². The van der Waals surface area contributed by atoms with E-state index in [9.17, 15) is 54.3 Å². The summed E-state index contributed by atoms with van der Waals surface area (Å²) in [5.74, 6) is -12.0. The van der Waals surface area contributed by atoms with Crippen LogP contribution in [0.4, 0.5) is 35.1 Å². The number of benzene rings is 3. The van der Waals surface area contributed by atoms with Gasteiger partial charge in [0.25, 0.3) is 0 Å². The van der Waals surface area contributed by atoms with E-state index in [-0.39, 0.29) is 11.5 Å². The number of rotatable bonds is 12. The van der Waals surface area contributed by atoms with Gasteiger partial charge in [0.1, 0.15) is 34.1 Å². The zero-order valence-electron chi connectivity index (χ0n) is 23.7. The fraction of sp³-hybridized carbons (Fsp3) is 0.133. The molecule has 0 fully saturated rings. The van der Waals surface area contributed by atoms with E-state index in [1.807, 2.05) is 0 Å². The van der Waals surface area contributed by atoms with Crippen molar-refractivity contribution in [3.05, 3.63) is 108 Å². The van der Waals surface area contributed by atoms with Crippen LogP contribution in [-0.2, 0) is 31.4 Å². The minimum atomic E-state index is -5.79. The summed E-state index contributed by atoms with van der Waals surface area (Å²) in [6.07, 6.45) is -11.6. The van der Waals surface area contributed by atoms with Gasteiger partial charge in [-0.2, -0.15) is 35.1 Å². The summed E-state index contributed by atoms with van der Waals surface area (Å²) in [6, 6.07) is 8.71. The molecule has 0 radical (unpaired) electrons. The van der Waals surface area contributed by atoms with E-state index in [0.29, 0.717) is 12.1 Å². The Balaban J connectivity index is 1.82. The van der Waals surface area contributed by atoms with Gasteiger partial charge >= 0.3 is 36.2 Å². The van der Waals surface area contributed by atoms with Crippen molar-refractivity contribution in [2.75, 3.05) is 13.6 Å². The largest absolute Gasteiger partial charge is 0.457 e. The Morgan fingerprint density at radius 2 is 0.854 bits per heavy atom. The average molecular weight is 690 g/mol. The van der Waals surface area contributed by atoms with Crippen molar-refractivity contribution in [1.82, 2.24) is 0 Å². The van der Waals surface area contributed by atoms with Gasteiger partial charge in [-0.1, -0.05) is 13.2 Å². The molecule has 3 aromatic rings. The first-order valence-corrected chi connectivity index (χ1v) is 12.6. The van der Waals surface area contributed by atoms with Crippen molar-refractivity contribution in [3.63, 3.8) is 0 Å². The van der Waals surface area contributed by atoms with Crippen LogP contribution in [0.25, 0.3) is 0 Å². The van der Waals surface area contributed by atoms with Crippen LogP contribution < -0.4 is 18.9 Å². The molecule has 0 saturated carbocycles. The molecular formula is C30H18F8O10. The summed E-state index contributed by atoms with van der Waals surface area (Å²) in [6.45, 7) is 3.85. The van der Waals surface area contributed by atoms with Crippen molar-refractivity contribution >= 4 is 23.9 Å². The molecule has 0 heterocycles. The van der Waals surface area contributed by atoms with Crippen LogP contribution in [0.2, 0.25) is 0 Å². The maximum Gasteiger partial charge on any atom is 0.420 e. The van der Waals surface area contributed by atoms with Gasteiger partial charge in [0, 0.05) is 0 Å². The fourth-order valence-corrected chi connectivity index (χ4v) is 3.45. The quantitative estimate of drug-likeness (QED) is 0.0653. The highest BCUT2D eigenvalue weighted by Gasteiger charge is 2.49. The molecule has 0 aliphatic carbocycles. The Morgan fingerprint density at radius 1 is 0.542 bits per heavy atom. The summed E-state index contributed by atoms with van der Waals surface area (Å²) in [7, 11) is 0. The zero-order valence-corrected chi connectivity index (χ0v) is 23.7. The predicted octanol–water partition coefficient (Wildman–Crippen LogP) is 6.89. The Kier molecular flexibility index (Phi) is 11.5. The lowest BCUT2D eigenvalue weighted by Gasteiger charge is -2.21. The van der Waals surface area contributed by atoms with Gasteiger partial charge in [-0.25, -0.2) is 19.2 Å². The third-order valence-corrected chi connectivity index (χ3v) is 5.56. The van der Waals surface area contributed by atoms with E-state index in [2.05, 4.69) is 32.1 Å². The van der Waals surface area contributed by atoms with Crippen LogP contribution in [0.5, 0.6) is 23.0 Å². The lowest BCUT2D eigenvalue weighted by atomic mass is 10.0. The van der Waals surface area contributed by atoms with Crippen LogP contribution in [0.15, 0.2) is 85.5 Å². The topological polar surface area (TPSA) is 124 Å². The molecule has 48 heavy (non-hydrogen) atoms. The van der Waals surface area contributed by atoms with Crippen molar-refractivity contribution in [2.45, 2.75) is 12.4 Å². The SMILES string of the molecule is C=C(F)C(=O)OCOc1ccc(C(=O)Oc2ccc(OC(=O)c3ccc(OCOC(=O)C(=C)F)cc3)c(C(F)(F)F)c2C(F)(F)F)cc1. The minimum absolute atomic E-state index is 0.0711. The molecule has 0 aromatic heterocycles. The third-order valence-electron chi connectivity index (χ3n) is 5.56. The third kappa shape index (κ3) is 9.78. The summed E-state index contributed by atoms with van der Waals surface area (Å²) in [5, 5.41) is 0. The highest BCUT2D eigenvalue weighted by Crippen LogP contribution is 2.49. The number of carbonyl (C=O) groups is 4. The normalized spacial score (nSPS) is 11.2. The second-order valence-corrected chi connectivity index (χ2v) is 8.83. The van der Waals surface area contributed by atoms with Crippen LogP contribution in [-0.4, -0.2) is 37.5 Å². The second-order valence-electron chi connectivity index (χ2n) is 8.83. The van der Waals surface area contributed by atoms with Gasteiger partial charge in [-0.05, 0) is 60.7 Å². The minimum Gasteiger partial charge on any atom is -0.457 e. The lowest BCUT2D eigenvalue weighted by molar-refractivity contribution is -0.163. The van der Waals surface area contributed by atoms with Crippen molar-refractivity contribution < 1.29 is 82.7 Å². The Labute approximate surface area is 263 Å². The standard InChI is InChI=1S/C30H18F8O10/c1-15(31)25(39)45-13-43-19-7-3-17(4-8-19)27(41)47-21-11-12-22(24(30(36,37)38)23(21)29(33,34)35)48-28(42)18-5-9-20(10-6-18)44-14-46-26(40)16(2)32/h3-12H,1-2,13-14H2. The molecule has 10 nitrogen and oxygen atoms in total. The molecule has 0 N–H and O–H groups in total. The summed E-state index contributed by atoms with van der Waals surface area (Å²) < 4.78 is 138. The molecule has 3 rings (SSSR count). The number of ether oxygens (including phenoxy) is 6. The molecule has 0 atom stereocenters. The molecule has 0 amide bonds. The molecule has 0 bridgehead atoms. The monoisotopic (exact) mass is 690 g/mol. The molecule has 3 aromatic carbocycles. The molecule has 0 unspecified atom stereocenters. The number of hydrogen-bond donors (Lipinski definition) is 0. The first kappa shape index (κ1) is 36.5. The first-order valence-electron chi connectivity index (χ1n) is 12.6. The number of esters is 4. The van der Waals surface area contributed by atoms with Crippen LogP contribution in [0, 0.1) is 0 Å². The van der Waals surface area contributed by atoms with Gasteiger partial charge in [0.15, 0.2) is 0 Å². The van der Waals surface area contributed by atoms with E-state index in [1.54, 1.807) is 0 Å². The van der Waals surface area contributed by atoms with Gasteiger partial charge in [0.2, 0.25) is 25.2 Å². The number of carbonyl (C=O) groups excluding carboxylic acids is 4. The molecule has 0 spiro atoms. The zero-order chi connectivity index (χ0) is 35.8. The van der Waals surface area contributed by atoms with Crippen LogP contribution >= 0.6 is 0 Å². The van der Waals surface area contributed by atoms with E-state index in [4.69, 9.17) is 9.47 Å². The Morgan fingerprint density at radius 3 is 1.12 bits per heavy atom. The Hall–Kier alpha value is -5.94. The maximum atomic E-state index is 14.1. The van der Waals surface area contributed by atoms with E-state index in [1.165, 1.54) is 0 Å². The van der Waals surface area contributed by atoms with Gasteiger partial charge in [0.05, 0.1) is 11.1 Å². The molecule has 0 aliphatic rings. The van der Waals surface area contributed by atoms with Crippen LogP contribution in [0.1, 0.15) is 31.8 Å². The Bertz CT molecular complexity index is 1590. The summed E-state index contributed by atoms with van der Waals surface area (Å²) in [4.78, 5) is 47.2. The van der Waals surface area contributed by atoms with Gasteiger partial charge in [-0.3, -0.25) is 0 Å². The second kappa shape index (κ2) is 15.1. The van der Waals surface area contributed by atoms with Gasteiger partial charge < -0.3 is 28.4 Å². The predicted molar refractivity (Wildman–Crippen MR) is 143 cm³/mol. The summed E-state index contributed by atoms with van der Waals surface area (Å²) in [5.41, 5.74) is -5.85. The van der Waals surface area contributed by atoms with Crippen molar-refractivity contribution in [1.29, 1.82) is 0 Å². The number of alkyl halides is 6. The lowest BCUT2D eigenvalue weighted by Crippen LogP contribution is -2.22. The summed E-state index contributed by atoms with van der Waals surface area (Å²) >= 11 is 0. The highest BCUT2D eigenvalue weighted by molar-refractivity contribution is 5.92. The highest BCUT2D eigenvalue weighted by atomic mass is 19.4. The average Bonchev–Trinajstić information content (AvgIpc) is 3.00. The van der Waals surface area contributed by atoms with Gasteiger partial charge in [-0.15, -0.1) is 0 Å². The van der Waals surface area contributed by atoms with E-state index < -0.39 is 95.2 Å². The molecular weight excluding hydrogens is 672 g/mol. The van der Waals surface area contributed by atoms with Crippen LogP contribution in [0.3, 0.4) is 0 Å². The molecule has 0 saturated heterocycles. The first-order chi connectivity index (χ1) is 22.4. The molecule has 0 aliphatic heterocycles. The molecule has 254 valence electrons. The fourth-order valence-electron chi connectivity index (χ4n) is 3.45. The smallest absolute Gasteiger partial charge is 0.420 e. The maximum absolute atomic E-state index is 14.1. The van der Waals surface area contributed by atoms with E-state index >= 15 is 0 Å².